The van der Waals surface area contributed by atoms with E-state index in [9.17, 15) is 4.39 Å². The minimum Gasteiger partial charge on any atom is -0.491 e. The number of benzene rings is 1. The van der Waals surface area contributed by atoms with E-state index < -0.39 is 0 Å². The van der Waals surface area contributed by atoms with Crippen LogP contribution in [0.5, 0.6) is 5.75 Å². The van der Waals surface area contributed by atoms with Crippen LogP contribution >= 0.6 is 11.3 Å². The molecule has 20 heavy (non-hydrogen) atoms. The summed E-state index contributed by atoms with van der Waals surface area (Å²) in [5.74, 6) is 0.645. The predicted octanol–water partition coefficient (Wildman–Crippen LogP) is 3.80. The van der Waals surface area contributed by atoms with Crippen molar-refractivity contribution in [3.63, 3.8) is 0 Å². The second-order valence-electron chi connectivity index (χ2n) is 5.13. The second-order valence-corrected chi connectivity index (χ2v) is 6.24. The van der Waals surface area contributed by atoms with Crippen molar-refractivity contribution in [1.82, 2.24) is 4.98 Å². The molecule has 1 aromatic carbocycles. The molecule has 1 saturated heterocycles. The maximum absolute atomic E-state index is 13.6. The second kappa shape index (κ2) is 6.06. The Bertz CT molecular complexity index is 593. The van der Waals surface area contributed by atoms with Gasteiger partial charge >= 0.3 is 0 Å². The summed E-state index contributed by atoms with van der Waals surface area (Å²) < 4.78 is 25.1. The van der Waals surface area contributed by atoms with E-state index in [-0.39, 0.29) is 11.6 Å². The van der Waals surface area contributed by atoms with Gasteiger partial charge in [0.15, 0.2) is 11.6 Å². The Morgan fingerprint density at radius 1 is 1.40 bits per heavy atom. The summed E-state index contributed by atoms with van der Waals surface area (Å²) in [4.78, 5) is 4.55. The predicted molar refractivity (Wildman–Crippen MR) is 78.0 cm³/mol. The number of nitrogens with zero attached hydrogens (tertiary/aromatic N) is 1. The van der Waals surface area contributed by atoms with Crippen LogP contribution in [0.2, 0.25) is 0 Å². The summed E-state index contributed by atoms with van der Waals surface area (Å²) >= 11 is 1.64. The lowest BCUT2D eigenvalue weighted by molar-refractivity contribution is 0.0640. The van der Waals surface area contributed by atoms with Crippen molar-refractivity contribution in [1.29, 1.82) is 0 Å². The summed E-state index contributed by atoms with van der Waals surface area (Å²) in [5.41, 5.74) is 0.652. The topological polar surface area (TPSA) is 31.4 Å². The number of hydrogen-bond acceptors (Lipinski definition) is 4. The zero-order valence-electron chi connectivity index (χ0n) is 11.5. The van der Waals surface area contributed by atoms with Gasteiger partial charge in [0.1, 0.15) is 5.52 Å². The number of halogens is 1. The SMILES string of the molecule is COc1c(F)ccc2sc(CCC3CCOCC3)nc12. The molecule has 3 nitrogen and oxygen atoms in total. The van der Waals surface area contributed by atoms with Crippen molar-refractivity contribution >= 4 is 21.6 Å². The first-order valence-corrected chi connectivity index (χ1v) is 7.79. The number of aryl methyl sites for hydroxylation is 1. The number of hydrogen-bond donors (Lipinski definition) is 0. The molecule has 108 valence electrons. The van der Waals surface area contributed by atoms with Crippen molar-refractivity contribution in [2.24, 2.45) is 5.92 Å². The monoisotopic (exact) mass is 295 g/mol. The molecule has 0 bridgehead atoms. The Morgan fingerprint density at radius 3 is 2.95 bits per heavy atom. The van der Waals surface area contributed by atoms with Crippen molar-refractivity contribution in [2.75, 3.05) is 20.3 Å². The third kappa shape index (κ3) is 2.79. The zero-order chi connectivity index (χ0) is 13.9. The summed E-state index contributed by atoms with van der Waals surface area (Å²) in [6, 6.07) is 3.23. The van der Waals surface area contributed by atoms with Crippen LogP contribution in [0.25, 0.3) is 10.2 Å². The van der Waals surface area contributed by atoms with Gasteiger partial charge in [-0.3, -0.25) is 0 Å². The van der Waals surface area contributed by atoms with Gasteiger partial charge in [0, 0.05) is 13.2 Å². The molecule has 0 spiro atoms. The molecule has 0 unspecified atom stereocenters. The molecule has 2 aromatic rings. The molecule has 0 saturated carbocycles. The third-order valence-corrected chi connectivity index (χ3v) is 4.90. The van der Waals surface area contributed by atoms with Gasteiger partial charge < -0.3 is 9.47 Å². The number of ether oxygens (including phenoxy) is 2. The lowest BCUT2D eigenvalue weighted by Gasteiger charge is -2.21. The standard InChI is InChI=1S/C15H18FNO2S/c1-18-15-11(16)3-4-12-14(15)17-13(20-12)5-2-10-6-8-19-9-7-10/h3-4,10H,2,5-9H2,1H3. The summed E-state index contributed by atoms with van der Waals surface area (Å²) in [6.45, 7) is 1.76. The van der Waals surface area contributed by atoms with Crippen molar-refractivity contribution < 1.29 is 13.9 Å². The van der Waals surface area contributed by atoms with Gasteiger partial charge in [0.2, 0.25) is 0 Å². The van der Waals surface area contributed by atoms with Gasteiger partial charge in [-0.2, -0.15) is 0 Å². The van der Waals surface area contributed by atoms with Gasteiger partial charge in [-0.15, -0.1) is 11.3 Å². The van der Waals surface area contributed by atoms with Crippen LogP contribution in [0.4, 0.5) is 4.39 Å². The molecule has 0 atom stereocenters. The third-order valence-electron chi connectivity index (χ3n) is 3.82. The number of methoxy groups -OCH3 is 1. The molecule has 5 heteroatoms. The first kappa shape index (κ1) is 13.8. The molecule has 0 N–H and O–H groups in total. The Morgan fingerprint density at radius 2 is 2.20 bits per heavy atom. The number of fused-ring (bicyclic) bond motifs is 1. The fraction of sp³-hybridized carbons (Fsp3) is 0.533. The Balaban J connectivity index is 1.75. The van der Waals surface area contributed by atoms with Gasteiger partial charge in [0.05, 0.1) is 16.8 Å². The maximum Gasteiger partial charge on any atom is 0.181 e. The van der Waals surface area contributed by atoms with Crippen molar-refractivity contribution in [3.05, 3.63) is 23.0 Å². The zero-order valence-corrected chi connectivity index (χ0v) is 12.3. The number of thiazole rings is 1. The number of rotatable bonds is 4. The average molecular weight is 295 g/mol. The van der Waals surface area contributed by atoms with Crippen LogP contribution in [0.3, 0.4) is 0 Å². The van der Waals surface area contributed by atoms with Crippen LogP contribution in [0, 0.1) is 11.7 Å². The maximum atomic E-state index is 13.6. The highest BCUT2D eigenvalue weighted by molar-refractivity contribution is 7.18. The minimum absolute atomic E-state index is 0.260. The molecule has 0 radical (unpaired) electrons. The van der Waals surface area contributed by atoms with E-state index in [1.54, 1.807) is 17.4 Å². The lowest BCUT2D eigenvalue weighted by atomic mass is 9.95. The Hall–Kier alpha value is -1.20. The summed E-state index contributed by atoms with van der Waals surface area (Å²) in [6.07, 6.45) is 4.37. The number of aromatic nitrogens is 1. The van der Waals surface area contributed by atoms with Crippen molar-refractivity contribution in [2.45, 2.75) is 25.7 Å². The van der Waals surface area contributed by atoms with Crippen molar-refractivity contribution in [3.8, 4) is 5.75 Å². The first-order chi connectivity index (χ1) is 9.78. The van der Waals surface area contributed by atoms with Gasteiger partial charge in [-0.25, -0.2) is 9.37 Å². The first-order valence-electron chi connectivity index (χ1n) is 6.97. The van der Waals surface area contributed by atoms with E-state index in [0.29, 0.717) is 5.52 Å². The Labute approximate surface area is 121 Å². The molecule has 3 rings (SSSR count). The minimum atomic E-state index is -0.346. The van der Waals surface area contributed by atoms with E-state index in [1.165, 1.54) is 13.2 Å². The molecule has 1 aromatic heterocycles. The van der Waals surface area contributed by atoms with Gasteiger partial charge in [-0.05, 0) is 43.7 Å². The molecular weight excluding hydrogens is 277 g/mol. The van der Waals surface area contributed by atoms with Crippen LogP contribution in [0.1, 0.15) is 24.3 Å². The molecule has 0 amide bonds. The molecular formula is C15H18FNO2S. The fourth-order valence-electron chi connectivity index (χ4n) is 2.65. The van der Waals surface area contributed by atoms with Crippen LogP contribution in [-0.4, -0.2) is 25.3 Å². The van der Waals surface area contributed by atoms with Crippen LogP contribution in [-0.2, 0) is 11.2 Å². The smallest absolute Gasteiger partial charge is 0.181 e. The van der Waals surface area contributed by atoms with E-state index in [2.05, 4.69) is 4.98 Å². The van der Waals surface area contributed by atoms with Crippen LogP contribution < -0.4 is 4.74 Å². The molecule has 1 aliphatic heterocycles. The van der Waals surface area contributed by atoms with Gasteiger partial charge in [0.25, 0.3) is 0 Å². The highest BCUT2D eigenvalue weighted by atomic mass is 32.1. The van der Waals surface area contributed by atoms with E-state index in [1.807, 2.05) is 0 Å². The normalized spacial score (nSPS) is 16.7. The highest BCUT2D eigenvalue weighted by Crippen LogP contribution is 2.33. The molecule has 0 aliphatic carbocycles. The van der Waals surface area contributed by atoms with E-state index >= 15 is 0 Å². The Kier molecular flexibility index (Phi) is 4.17. The summed E-state index contributed by atoms with van der Waals surface area (Å²) in [5, 5.41) is 1.07. The van der Waals surface area contributed by atoms with E-state index in [4.69, 9.17) is 9.47 Å². The largest absolute Gasteiger partial charge is 0.491 e. The quantitative estimate of drug-likeness (QED) is 0.859. The molecule has 1 aliphatic rings. The average Bonchev–Trinajstić information content (AvgIpc) is 2.89. The summed E-state index contributed by atoms with van der Waals surface area (Å²) in [7, 11) is 1.49. The van der Waals surface area contributed by atoms with E-state index in [0.717, 1.165) is 54.5 Å². The molecule has 1 fully saturated rings. The fourth-order valence-corrected chi connectivity index (χ4v) is 3.64. The van der Waals surface area contributed by atoms with Crippen LogP contribution in [0.15, 0.2) is 12.1 Å². The lowest BCUT2D eigenvalue weighted by Crippen LogP contribution is -2.16. The molecule has 2 heterocycles. The van der Waals surface area contributed by atoms with Gasteiger partial charge in [-0.1, -0.05) is 0 Å². The highest BCUT2D eigenvalue weighted by Gasteiger charge is 2.16.